The van der Waals surface area contributed by atoms with Gasteiger partial charge in [0.05, 0.1) is 5.75 Å². The first kappa shape index (κ1) is 17.6. The van der Waals surface area contributed by atoms with Crippen molar-refractivity contribution in [3.63, 3.8) is 0 Å². The molecule has 0 aliphatic carbocycles. The number of fused-ring (bicyclic) bond motifs is 3. The Morgan fingerprint density at radius 3 is 2.73 bits per heavy atom. The zero-order chi connectivity index (χ0) is 18.3. The molecule has 1 aromatic heterocycles. The van der Waals surface area contributed by atoms with Gasteiger partial charge in [0.25, 0.3) is 0 Å². The highest BCUT2D eigenvalue weighted by Crippen LogP contribution is 2.39. The predicted octanol–water partition coefficient (Wildman–Crippen LogP) is 3.59. The lowest BCUT2D eigenvalue weighted by Crippen LogP contribution is -2.39. The van der Waals surface area contributed by atoms with Gasteiger partial charge < -0.3 is 4.90 Å². The highest BCUT2D eigenvalue weighted by Gasteiger charge is 2.34. The second kappa shape index (κ2) is 6.72. The van der Waals surface area contributed by atoms with Crippen LogP contribution in [-0.2, 0) is 16.8 Å². The Kier molecular flexibility index (Phi) is 4.55. The average molecular weight is 371 g/mol. The van der Waals surface area contributed by atoms with Crippen LogP contribution >= 0.6 is 11.8 Å². The summed E-state index contributed by atoms with van der Waals surface area (Å²) in [5, 5.41) is 9.73. The third-order valence-electron chi connectivity index (χ3n) is 5.58. The molecule has 0 radical (unpaired) electrons. The highest BCUT2D eigenvalue weighted by atomic mass is 32.2. The Hall–Kier alpha value is -1.82. The van der Waals surface area contributed by atoms with E-state index < -0.39 is 0 Å². The van der Waals surface area contributed by atoms with Crippen molar-refractivity contribution in [1.29, 1.82) is 0 Å². The zero-order valence-electron chi connectivity index (χ0n) is 15.7. The van der Waals surface area contributed by atoms with Gasteiger partial charge >= 0.3 is 0 Å². The molecular weight excluding hydrogens is 344 g/mol. The molecule has 0 spiro atoms. The van der Waals surface area contributed by atoms with E-state index in [1.165, 1.54) is 17.3 Å². The van der Waals surface area contributed by atoms with Crippen molar-refractivity contribution in [3.05, 3.63) is 29.8 Å². The monoisotopic (exact) mass is 370 g/mol. The summed E-state index contributed by atoms with van der Waals surface area (Å²) in [5.74, 6) is 2.30. The SMILES string of the molecule is CC1CCN(C(=O)CSc2nnc3n2C(C)(C)Cc2ccccc2-3)CC1. The van der Waals surface area contributed by atoms with E-state index in [0.717, 1.165) is 54.8 Å². The van der Waals surface area contributed by atoms with Crippen molar-refractivity contribution >= 4 is 17.7 Å². The molecular formula is C20H26N4OS. The van der Waals surface area contributed by atoms with Gasteiger partial charge in [0, 0.05) is 24.2 Å². The second-order valence-electron chi connectivity index (χ2n) is 8.14. The molecule has 3 heterocycles. The molecule has 138 valence electrons. The fourth-order valence-electron chi connectivity index (χ4n) is 4.00. The Morgan fingerprint density at radius 2 is 1.96 bits per heavy atom. The molecule has 1 amide bonds. The quantitative estimate of drug-likeness (QED) is 0.775. The van der Waals surface area contributed by atoms with E-state index in [9.17, 15) is 4.79 Å². The summed E-state index contributed by atoms with van der Waals surface area (Å²) in [4.78, 5) is 14.6. The summed E-state index contributed by atoms with van der Waals surface area (Å²) in [6.45, 7) is 8.47. The summed E-state index contributed by atoms with van der Waals surface area (Å²) in [7, 11) is 0. The normalized spacial score (nSPS) is 19.1. The minimum atomic E-state index is -0.0981. The number of hydrogen-bond acceptors (Lipinski definition) is 4. The number of aromatic nitrogens is 3. The van der Waals surface area contributed by atoms with Gasteiger partial charge in [0.2, 0.25) is 5.91 Å². The first-order valence-corrected chi connectivity index (χ1v) is 10.4. The molecule has 5 nitrogen and oxygen atoms in total. The number of carbonyl (C=O) groups is 1. The molecule has 1 aromatic carbocycles. The minimum absolute atomic E-state index is 0.0981. The van der Waals surface area contributed by atoms with Crippen LogP contribution in [0.5, 0.6) is 0 Å². The van der Waals surface area contributed by atoms with Crippen LogP contribution in [0.4, 0.5) is 0 Å². The average Bonchev–Trinajstić information content (AvgIpc) is 3.05. The van der Waals surface area contributed by atoms with Gasteiger partial charge in [-0.25, -0.2) is 0 Å². The van der Waals surface area contributed by atoms with Crippen molar-refractivity contribution in [2.75, 3.05) is 18.8 Å². The number of rotatable bonds is 3. The van der Waals surface area contributed by atoms with Gasteiger partial charge in [-0.3, -0.25) is 9.36 Å². The van der Waals surface area contributed by atoms with Crippen molar-refractivity contribution in [2.45, 2.75) is 50.7 Å². The Labute approximate surface area is 159 Å². The molecule has 0 bridgehead atoms. The number of thioether (sulfide) groups is 1. The Balaban J connectivity index is 1.53. The number of piperidine rings is 1. The lowest BCUT2D eigenvalue weighted by atomic mass is 9.87. The van der Waals surface area contributed by atoms with Gasteiger partial charge in [0.15, 0.2) is 11.0 Å². The van der Waals surface area contributed by atoms with Crippen LogP contribution in [0.25, 0.3) is 11.4 Å². The number of carbonyl (C=O) groups excluding carboxylic acids is 1. The van der Waals surface area contributed by atoms with E-state index >= 15 is 0 Å². The molecule has 0 unspecified atom stereocenters. The van der Waals surface area contributed by atoms with Gasteiger partial charge in [-0.15, -0.1) is 10.2 Å². The van der Waals surface area contributed by atoms with Crippen molar-refractivity contribution < 1.29 is 4.79 Å². The van der Waals surface area contributed by atoms with Crippen molar-refractivity contribution in [3.8, 4) is 11.4 Å². The molecule has 0 saturated carbocycles. The standard InChI is InChI=1S/C20H26N4OS/c1-14-8-10-23(11-9-14)17(25)13-26-19-22-21-18-16-7-5-4-6-15(16)12-20(2,3)24(18)19/h4-7,14H,8-13H2,1-3H3. The predicted molar refractivity (Wildman–Crippen MR) is 104 cm³/mol. The Bertz CT molecular complexity index is 821. The molecule has 4 rings (SSSR count). The summed E-state index contributed by atoms with van der Waals surface area (Å²) in [6.07, 6.45) is 3.17. The van der Waals surface area contributed by atoms with Gasteiger partial charge in [0.1, 0.15) is 0 Å². The maximum atomic E-state index is 12.6. The van der Waals surface area contributed by atoms with Crippen LogP contribution < -0.4 is 0 Å². The lowest BCUT2D eigenvalue weighted by Gasteiger charge is -2.34. The van der Waals surface area contributed by atoms with E-state index in [0.29, 0.717) is 5.75 Å². The van der Waals surface area contributed by atoms with E-state index in [1.54, 1.807) is 0 Å². The molecule has 2 aliphatic heterocycles. The van der Waals surface area contributed by atoms with Crippen LogP contribution in [0.15, 0.2) is 29.4 Å². The molecule has 0 N–H and O–H groups in total. The first-order valence-electron chi connectivity index (χ1n) is 9.40. The smallest absolute Gasteiger partial charge is 0.233 e. The number of benzene rings is 1. The number of nitrogens with zero attached hydrogens (tertiary/aromatic N) is 4. The fourth-order valence-corrected chi connectivity index (χ4v) is 4.99. The molecule has 6 heteroatoms. The Morgan fingerprint density at radius 1 is 1.23 bits per heavy atom. The number of amides is 1. The molecule has 26 heavy (non-hydrogen) atoms. The van der Waals surface area contributed by atoms with E-state index in [-0.39, 0.29) is 11.4 Å². The van der Waals surface area contributed by atoms with Crippen LogP contribution in [0.3, 0.4) is 0 Å². The lowest BCUT2D eigenvalue weighted by molar-refractivity contribution is -0.129. The number of hydrogen-bond donors (Lipinski definition) is 0. The zero-order valence-corrected chi connectivity index (χ0v) is 16.6. The maximum Gasteiger partial charge on any atom is 0.233 e. The van der Waals surface area contributed by atoms with Gasteiger partial charge in [-0.2, -0.15) is 0 Å². The van der Waals surface area contributed by atoms with Crippen LogP contribution in [-0.4, -0.2) is 44.4 Å². The van der Waals surface area contributed by atoms with Crippen molar-refractivity contribution in [1.82, 2.24) is 19.7 Å². The summed E-state index contributed by atoms with van der Waals surface area (Å²) in [5.41, 5.74) is 2.37. The van der Waals surface area contributed by atoms with Gasteiger partial charge in [-0.1, -0.05) is 43.0 Å². The molecule has 2 aliphatic rings. The van der Waals surface area contributed by atoms with Crippen LogP contribution in [0.1, 0.15) is 39.2 Å². The fraction of sp³-hybridized carbons (Fsp3) is 0.550. The topological polar surface area (TPSA) is 51.0 Å². The maximum absolute atomic E-state index is 12.6. The largest absolute Gasteiger partial charge is 0.342 e. The molecule has 0 atom stereocenters. The number of likely N-dealkylation sites (tertiary alicyclic amines) is 1. The summed E-state index contributed by atoms with van der Waals surface area (Å²) in [6, 6.07) is 8.40. The molecule has 1 saturated heterocycles. The van der Waals surface area contributed by atoms with E-state index in [1.807, 2.05) is 11.0 Å². The minimum Gasteiger partial charge on any atom is -0.342 e. The summed E-state index contributed by atoms with van der Waals surface area (Å²) < 4.78 is 2.21. The second-order valence-corrected chi connectivity index (χ2v) is 9.08. The van der Waals surface area contributed by atoms with E-state index in [2.05, 4.69) is 53.7 Å². The molecule has 2 aromatic rings. The van der Waals surface area contributed by atoms with Crippen LogP contribution in [0.2, 0.25) is 0 Å². The van der Waals surface area contributed by atoms with Crippen molar-refractivity contribution in [2.24, 2.45) is 5.92 Å². The van der Waals surface area contributed by atoms with Gasteiger partial charge in [-0.05, 0) is 44.6 Å². The van der Waals surface area contributed by atoms with E-state index in [4.69, 9.17) is 0 Å². The third kappa shape index (κ3) is 3.15. The third-order valence-corrected chi connectivity index (χ3v) is 6.49. The molecule has 1 fully saturated rings. The van der Waals surface area contributed by atoms with Crippen LogP contribution in [0, 0.1) is 5.92 Å². The first-order chi connectivity index (χ1) is 12.5. The summed E-state index contributed by atoms with van der Waals surface area (Å²) >= 11 is 1.52. The highest BCUT2D eigenvalue weighted by molar-refractivity contribution is 7.99.